The predicted molar refractivity (Wildman–Crippen MR) is 72.7 cm³/mol. The third-order valence-electron chi connectivity index (χ3n) is 2.45. The second-order valence-electron chi connectivity index (χ2n) is 3.88. The molecule has 1 amide bonds. The highest BCUT2D eigenvalue weighted by atomic mass is 35.5. The standard InChI is InChI=1S/C13H12ClN3O2/c1-8-3-4-10(19-2)9(5-8)13(18)17-12-7-15-6-11(14)16-12/h3-7H,1-2H3,(H,16,17,18). The molecule has 0 unspecified atom stereocenters. The van der Waals surface area contributed by atoms with Gasteiger partial charge in [-0.05, 0) is 19.1 Å². The van der Waals surface area contributed by atoms with Crippen LogP contribution in [0.2, 0.25) is 5.15 Å². The second-order valence-corrected chi connectivity index (χ2v) is 4.27. The first-order chi connectivity index (χ1) is 9.10. The number of hydrogen-bond donors (Lipinski definition) is 1. The van der Waals surface area contributed by atoms with Crippen LogP contribution in [0.15, 0.2) is 30.6 Å². The molecule has 19 heavy (non-hydrogen) atoms. The summed E-state index contributed by atoms with van der Waals surface area (Å²) in [4.78, 5) is 20.0. The van der Waals surface area contributed by atoms with Crippen LogP contribution in [0.3, 0.4) is 0 Å². The minimum absolute atomic E-state index is 0.217. The number of hydrogen-bond acceptors (Lipinski definition) is 4. The summed E-state index contributed by atoms with van der Waals surface area (Å²) in [6.07, 6.45) is 2.82. The normalized spacial score (nSPS) is 10.1. The fraction of sp³-hybridized carbons (Fsp3) is 0.154. The fourth-order valence-electron chi connectivity index (χ4n) is 1.59. The Labute approximate surface area is 115 Å². The maximum Gasteiger partial charge on any atom is 0.260 e. The van der Waals surface area contributed by atoms with Crippen LogP contribution in [-0.2, 0) is 0 Å². The molecule has 0 atom stereocenters. The SMILES string of the molecule is COc1ccc(C)cc1C(=O)Nc1cncc(Cl)n1. The summed E-state index contributed by atoms with van der Waals surface area (Å²) >= 11 is 5.71. The molecule has 0 aliphatic carbocycles. The number of aromatic nitrogens is 2. The number of aryl methyl sites for hydroxylation is 1. The van der Waals surface area contributed by atoms with Crippen molar-refractivity contribution in [1.82, 2.24) is 9.97 Å². The third kappa shape index (κ3) is 3.20. The Hall–Kier alpha value is -2.14. The monoisotopic (exact) mass is 277 g/mol. The van der Waals surface area contributed by atoms with Crippen LogP contribution >= 0.6 is 11.6 Å². The molecule has 2 rings (SSSR count). The minimum atomic E-state index is -0.322. The Morgan fingerprint density at radius 1 is 1.37 bits per heavy atom. The molecule has 6 heteroatoms. The predicted octanol–water partition coefficient (Wildman–Crippen LogP) is 2.70. The smallest absolute Gasteiger partial charge is 0.260 e. The lowest BCUT2D eigenvalue weighted by Gasteiger charge is -2.09. The van der Waals surface area contributed by atoms with Crippen LogP contribution in [-0.4, -0.2) is 23.0 Å². The van der Waals surface area contributed by atoms with Gasteiger partial charge >= 0.3 is 0 Å². The summed E-state index contributed by atoms with van der Waals surface area (Å²) in [7, 11) is 1.51. The van der Waals surface area contributed by atoms with E-state index in [2.05, 4.69) is 15.3 Å². The molecule has 0 aliphatic heterocycles. The molecule has 1 N–H and O–H groups in total. The highest BCUT2D eigenvalue weighted by molar-refractivity contribution is 6.29. The van der Waals surface area contributed by atoms with E-state index in [1.165, 1.54) is 19.5 Å². The molecule has 5 nitrogen and oxygen atoms in total. The molecule has 0 radical (unpaired) electrons. The highest BCUT2D eigenvalue weighted by Gasteiger charge is 2.13. The minimum Gasteiger partial charge on any atom is -0.496 e. The van der Waals surface area contributed by atoms with Gasteiger partial charge in [0.2, 0.25) is 0 Å². The molecule has 0 saturated heterocycles. The summed E-state index contributed by atoms with van der Waals surface area (Å²) < 4.78 is 5.16. The van der Waals surface area contributed by atoms with E-state index in [0.29, 0.717) is 17.1 Å². The van der Waals surface area contributed by atoms with Crippen molar-refractivity contribution in [2.24, 2.45) is 0 Å². The van der Waals surface area contributed by atoms with Gasteiger partial charge in [-0.1, -0.05) is 23.2 Å². The van der Waals surface area contributed by atoms with Crippen molar-refractivity contribution in [1.29, 1.82) is 0 Å². The Kier molecular flexibility index (Phi) is 3.97. The molecule has 2 aromatic rings. The van der Waals surface area contributed by atoms with E-state index in [1.807, 2.05) is 13.0 Å². The van der Waals surface area contributed by atoms with Crippen LogP contribution < -0.4 is 10.1 Å². The molecule has 0 aliphatic rings. The Bertz CT molecular complexity index is 617. The van der Waals surface area contributed by atoms with Gasteiger partial charge in [-0.3, -0.25) is 9.78 Å². The number of halogens is 1. The third-order valence-corrected chi connectivity index (χ3v) is 2.63. The molecular formula is C13H12ClN3O2. The number of nitrogens with one attached hydrogen (secondary N) is 1. The van der Waals surface area contributed by atoms with Gasteiger partial charge < -0.3 is 10.1 Å². The number of ether oxygens (including phenoxy) is 1. The van der Waals surface area contributed by atoms with Crippen LogP contribution in [0, 0.1) is 6.92 Å². The summed E-state index contributed by atoms with van der Waals surface area (Å²) in [6.45, 7) is 1.90. The zero-order chi connectivity index (χ0) is 13.8. The van der Waals surface area contributed by atoms with E-state index in [1.54, 1.807) is 12.1 Å². The molecule has 1 heterocycles. The number of anilines is 1. The molecule has 0 saturated carbocycles. The van der Waals surface area contributed by atoms with Crippen molar-refractivity contribution in [3.8, 4) is 5.75 Å². The second kappa shape index (κ2) is 5.67. The van der Waals surface area contributed by atoms with Gasteiger partial charge in [-0.15, -0.1) is 0 Å². The lowest BCUT2D eigenvalue weighted by Crippen LogP contribution is -2.14. The van der Waals surface area contributed by atoms with Gasteiger partial charge in [0.15, 0.2) is 5.82 Å². The molecule has 1 aromatic carbocycles. The number of carbonyl (C=O) groups excluding carboxylic acids is 1. The fourth-order valence-corrected chi connectivity index (χ4v) is 1.73. The first kappa shape index (κ1) is 13.3. The van der Waals surface area contributed by atoms with Crippen molar-refractivity contribution in [3.63, 3.8) is 0 Å². The van der Waals surface area contributed by atoms with E-state index in [-0.39, 0.29) is 11.1 Å². The topological polar surface area (TPSA) is 64.1 Å². The number of carbonyl (C=O) groups is 1. The van der Waals surface area contributed by atoms with E-state index >= 15 is 0 Å². The van der Waals surface area contributed by atoms with E-state index < -0.39 is 0 Å². The lowest BCUT2D eigenvalue weighted by atomic mass is 10.1. The van der Waals surface area contributed by atoms with Crippen LogP contribution in [0.4, 0.5) is 5.82 Å². The summed E-state index contributed by atoms with van der Waals surface area (Å²) in [5.74, 6) is 0.469. The first-order valence-corrected chi connectivity index (χ1v) is 5.91. The van der Waals surface area contributed by atoms with Crippen molar-refractivity contribution in [2.75, 3.05) is 12.4 Å². The Morgan fingerprint density at radius 3 is 2.84 bits per heavy atom. The van der Waals surface area contributed by atoms with E-state index in [4.69, 9.17) is 16.3 Å². The summed E-state index contributed by atoms with van der Waals surface area (Å²) in [5.41, 5.74) is 1.40. The summed E-state index contributed by atoms with van der Waals surface area (Å²) in [6, 6.07) is 5.36. The van der Waals surface area contributed by atoms with E-state index in [9.17, 15) is 4.79 Å². The molecule has 98 valence electrons. The van der Waals surface area contributed by atoms with Gasteiger partial charge in [-0.25, -0.2) is 4.98 Å². The van der Waals surface area contributed by atoms with Crippen LogP contribution in [0.25, 0.3) is 0 Å². The maximum absolute atomic E-state index is 12.2. The zero-order valence-corrected chi connectivity index (χ0v) is 11.2. The van der Waals surface area contributed by atoms with Gasteiger partial charge in [0.25, 0.3) is 5.91 Å². The van der Waals surface area contributed by atoms with E-state index in [0.717, 1.165) is 5.56 Å². The highest BCUT2D eigenvalue weighted by Crippen LogP contribution is 2.20. The average molecular weight is 278 g/mol. The maximum atomic E-state index is 12.2. The average Bonchev–Trinajstić information content (AvgIpc) is 2.38. The van der Waals surface area contributed by atoms with Crippen molar-refractivity contribution in [2.45, 2.75) is 6.92 Å². The van der Waals surface area contributed by atoms with Gasteiger partial charge in [0, 0.05) is 0 Å². The van der Waals surface area contributed by atoms with Crippen molar-refractivity contribution >= 4 is 23.3 Å². The van der Waals surface area contributed by atoms with Crippen molar-refractivity contribution in [3.05, 3.63) is 46.9 Å². The number of methoxy groups -OCH3 is 1. The molecule has 0 bridgehead atoms. The van der Waals surface area contributed by atoms with Gasteiger partial charge in [-0.2, -0.15) is 0 Å². The van der Waals surface area contributed by atoms with Gasteiger partial charge in [0.1, 0.15) is 10.9 Å². The zero-order valence-electron chi connectivity index (χ0n) is 10.5. The lowest BCUT2D eigenvalue weighted by molar-refractivity contribution is 0.102. The number of rotatable bonds is 3. The Morgan fingerprint density at radius 2 is 2.16 bits per heavy atom. The molecule has 1 aromatic heterocycles. The van der Waals surface area contributed by atoms with Crippen LogP contribution in [0.5, 0.6) is 5.75 Å². The number of amides is 1. The quantitative estimate of drug-likeness (QED) is 0.937. The number of benzene rings is 1. The van der Waals surface area contributed by atoms with Crippen LogP contribution in [0.1, 0.15) is 15.9 Å². The first-order valence-electron chi connectivity index (χ1n) is 5.53. The number of nitrogens with zero attached hydrogens (tertiary/aromatic N) is 2. The molecule has 0 spiro atoms. The Balaban J connectivity index is 2.27. The summed E-state index contributed by atoms with van der Waals surface area (Å²) in [5, 5.41) is 2.84. The molecule has 0 fully saturated rings. The van der Waals surface area contributed by atoms with Gasteiger partial charge in [0.05, 0.1) is 25.1 Å². The largest absolute Gasteiger partial charge is 0.496 e. The van der Waals surface area contributed by atoms with Crippen molar-refractivity contribution < 1.29 is 9.53 Å². The molecular weight excluding hydrogens is 266 g/mol.